The molecule has 3 nitrogen and oxygen atoms in total. The first-order valence-electron chi connectivity index (χ1n) is 7.70. The van der Waals surface area contributed by atoms with Gasteiger partial charge in [-0.05, 0) is 55.0 Å². The molecule has 0 spiro atoms. The van der Waals surface area contributed by atoms with Crippen LogP contribution in [0.1, 0.15) is 16.9 Å². The highest BCUT2D eigenvalue weighted by Gasteiger charge is 2.24. The van der Waals surface area contributed by atoms with Gasteiger partial charge in [0.15, 0.2) is 0 Å². The molecule has 2 heterocycles. The van der Waals surface area contributed by atoms with Crippen LogP contribution < -0.4 is 5.32 Å². The van der Waals surface area contributed by atoms with Crippen molar-refractivity contribution in [3.63, 3.8) is 0 Å². The van der Waals surface area contributed by atoms with E-state index in [-0.39, 0.29) is 5.91 Å². The number of carbonyl (C=O) groups excluding carboxylic acids is 1. The molecule has 0 bridgehead atoms. The number of amides is 1. The fraction of sp³-hybridized carbons (Fsp3) is 0.0500. The summed E-state index contributed by atoms with van der Waals surface area (Å²) in [5, 5.41) is 3.41. The van der Waals surface area contributed by atoms with Crippen LogP contribution in [0, 0.1) is 6.92 Å². The molecule has 124 valence electrons. The first-order valence-corrected chi connectivity index (χ1v) is 8.88. The van der Waals surface area contributed by atoms with E-state index in [1.165, 1.54) is 0 Å². The van der Waals surface area contributed by atoms with Gasteiger partial charge in [0, 0.05) is 20.6 Å². The number of hydrogen-bond donors (Lipinski definition) is 1. The van der Waals surface area contributed by atoms with Crippen LogP contribution in [0.3, 0.4) is 0 Å². The second-order valence-corrected chi connectivity index (χ2v) is 7.16. The maximum Gasteiger partial charge on any atom is 0.256 e. The van der Waals surface area contributed by atoms with E-state index in [2.05, 4.69) is 27.3 Å². The lowest BCUT2D eigenvalue weighted by molar-refractivity contribution is -0.110. The Morgan fingerprint density at radius 1 is 1.12 bits per heavy atom. The van der Waals surface area contributed by atoms with Gasteiger partial charge in [0.25, 0.3) is 5.91 Å². The highest BCUT2D eigenvalue weighted by Crippen LogP contribution is 2.35. The Kier molecular flexibility index (Phi) is 4.02. The lowest BCUT2D eigenvalue weighted by Crippen LogP contribution is -2.03. The molecule has 1 aromatic heterocycles. The SMILES string of the molecule is Cc1cc(-c2ccc(/C=C3/C(=O)Nc4cc(Cl)ccc43)o2)ccc1Br. The van der Waals surface area contributed by atoms with Crippen LogP contribution in [0.2, 0.25) is 5.02 Å². The Bertz CT molecular complexity index is 1040. The van der Waals surface area contributed by atoms with E-state index in [0.717, 1.165) is 32.6 Å². The molecule has 1 amide bonds. The molecule has 2 aromatic carbocycles. The van der Waals surface area contributed by atoms with Gasteiger partial charge >= 0.3 is 0 Å². The van der Waals surface area contributed by atoms with Crippen molar-refractivity contribution in [1.29, 1.82) is 0 Å². The highest BCUT2D eigenvalue weighted by molar-refractivity contribution is 9.10. The summed E-state index contributed by atoms with van der Waals surface area (Å²) < 4.78 is 6.97. The topological polar surface area (TPSA) is 42.2 Å². The van der Waals surface area contributed by atoms with Crippen molar-refractivity contribution < 1.29 is 9.21 Å². The second-order valence-electron chi connectivity index (χ2n) is 5.87. The number of furan rings is 1. The van der Waals surface area contributed by atoms with E-state index in [9.17, 15) is 4.79 Å². The largest absolute Gasteiger partial charge is 0.457 e. The third-order valence-electron chi connectivity index (χ3n) is 4.12. The van der Waals surface area contributed by atoms with Crippen molar-refractivity contribution in [3.8, 4) is 11.3 Å². The normalized spacial score (nSPS) is 14.7. The summed E-state index contributed by atoms with van der Waals surface area (Å²) in [4.78, 5) is 12.2. The van der Waals surface area contributed by atoms with Gasteiger partial charge < -0.3 is 9.73 Å². The molecule has 0 fully saturated rings. The van der Waals surface area contributed by atoms with Crippen LogP contribution in [-0.2, 0) is 4.79 Å². The summed E-state index contributed by atoms with van der Waals surface area (Å²) in [5.74, 6) is 1.23. The average Bonchev–Trinajstić information content (AvgIpc) is 3.15. The van der Waals surface area contributed by atoms with Gasteiger partial charge in [-0.3, -0.25) is 4.79 Å². The standard InChI is InChI=1S/C20H13BrClNO2/c1-11-8-12(2-6-17(11)21)19-7-4-14(25-19)10-16-15-5-3-13(22)9-18(15)23-20(16)24/h2-10H,1H3,(H,23,24)/b16-10+. The molecule has 3 aromatic rings. The first kappa shape index (κ1) is 16.2. The Hall–Kier alpha value is -2.30. The van der Waals surface area contributed by atoms with E-state index in [1.807, 2.05) is 37.3 Å². The molecular weight excluding hydrogens is 402 g/mol. The lowest BCUT2D eigenvalue weighted by atomic mass is 10.1. The number of aryl methyl sites for hydroxylation is 1. The number of halogens is 2. The molecule has 0 aliphatic carbocycles. The van der Waals surface area contributed by atoms with Crippen LogP contribution in [0.5, 0.6) is 0 Å². The van der Waals surface area contributed by atoms with E-state index in [1.54, 1.807) is 18.2 Å². The molecule has 1 aliphatic rings. The van der Waals surface area contributed by atoms with Crippen LogP contribution in [0.25, 0.3) is 23.0 Å². The van der Waals surface area contributed by atoms with Crippen LogP contribution in [0.15, 0.2) is 57.4 Å². The van der Waals surface area contributed by atoms with Crippen molar-refractivity contribution in [2.75, 3.05) is 5.32 Å². The summed E-state index contributed by atoms with van der Waals surface area (Å²) >= 11 is 9.48. The fourth-order valence-corrected chi connectivity index (χ4v) is 3.25. The maximum absolute atomic E-state index is 12.2. The van der Waals surface area contributed by atoms with Crippen molar-refractivity contribution in [1.82, 2.24) is 0 Å². The van der Waals surface area contributed by atoms with Gasteiger partial charge in [0.1, 0.15) is 11.5 Å². The zero-order chi connectivity index (χ0) is 17.6. The van der Waals surface area contributed by atoms with Crippen LogP contribution >= 0.6 is 27.5 Å². The molecule has 1 N–H and O–H groups in total. The van der Waals surface area contributed by atoms with Crippen molar-refractivity contribution >= 4 is 50.8 Å². The zero-order valence-electron chi connectivity index (χ0n) is 13.3. The minimum atomic E-state index is -0.158. The highest BCUT2D eigenvalue weighted by atomic mass is 79.9. The minimum absolute atomic E-state index is 0.158. The van der Waals surface area contributed by atoms with E-state index in [4.69, 9.17) is 16.0 Å². The third kappa shape index (κ3) is 3.03. The number of fused-ring (bicyclic) bond motifs is 1. The molecule has 0 saturated heterocycles. The predicted octanol–water partition coefficient (Wildman–Crippen LogP) is 6.16. The van der Waals surface area contributed by atoms with Crippen LogP contribution in [-0.4, -0.2) is 5.91 Å². The van der Waals surface area contributed by atoms with Gasteiger partial charge in [-0.2, -0.15) is 0 Å². The van der Waals surface area contributed by atoms with E-state index < -0.39 is 0 Å². The van der Waals surface area contributed by atoms with E-state index in [0.29, 0.717) is 16.4 Å². The Morgan fingerprint density at radius 2 is 1.96 bits per heavy atom. The van der Waals surface area contributed by atoms with Crippen LogP contribution in [0.4, 0.5) is 5.69 Å². The Labute approximate surface area is 158 Å². The summed E-state index contributed by atoms with van der Waals surface area (Å²) in [5.41, 5.74) is 4.24. The summed E-state index contributed by atoms with van der Waals surface area (Å²) in [6.45, 7) is 2.03. The minimum Gasteiger partial charge on any atom is -0.457 e. The molecule has 5 heteroatoms. The van der Waals surface area contributed by atoms with Gasteiger partial charge in [-0.25, -0.2) is 0 Å². The quantitative estimate of drug-likeness (QED) is 0.510. The van der Waals surface area contributed by atoms with Crippen molar-refractivity contribution in [2.45, 2.75) is 6.92 Å². The molecule has 0 saturated carbocycles. The van der Waals surface area contributed by atoms with Gasteiger partial charge in [0.2, 0.25) is 0 Å². The number of nitrogens with one attached hydrogen (secondary N) is 1. The lowest BCUT2D eigenvalue weighted by Gasteiger charge is -2.01. The summed E-state index contributed by atoms with van der Waals surface area (Å²) in [7, 11) is 0. The molecule has 25 heavy (non-hydrogen) atoms. The molecule has 0 radical (unpaired) electrons. The molecule has 0 atom stereocenters. The maximum atomic E-state index is 12.2. The van der Waals surface area contributed by atoms with Gasteiger partial charge in [-0.1, -0.05) is 39.7 Å². The van der Waals surface area contributed by atoms with E-state index >= 15 is 0 Å². The Morgan fingerprint density at radius 3 is 2.76 bits per heavy atom. The summed E-state index contributed by atoms with van der Waals surface area (Å²) in [6.07, 6.45) is 1.75. The number of benzene rings is 2. The smallest absolute Gasteiger partial charge is 0.256 e. The average molecular weight is 415 g/mol. The molecule has 0 unspecified atom stereocenters. The van der Waals surface area contributed by atoms with Crippen molar-refractivity contribution in [2.24, 2.45) is 0 Å². The number of anilines is 1. The van der Waals surface area contributed by atoms with Crippen molar-refractivity contribution in [3.05, 3.63) is 74.9 Å². The fourth-order valence-electron chi connectivity index (χ4n) is 2.84. The molecule has 4 rings (SSSR count). The zero-order valence-corrected chi connectivity index (χ0v) is 15.6. The number of carbonyl (C=O) groups is 1. The Balaban J connectivity index is 1.70. The molecular formula is C20H13BrClNO2. The van der Waals surface area contributed by atoms with Gasteiger partial charge in [-0.15, -0.1) is 0 Å². The third-order valence-corrected chi connectivity index (χ3v) is 5.25. The summed E-state index contributed by atoms with van der Waals surface area (Å²) in [6, 6.07) is 15.2. The monoisotopic (exact) mass is 413 g/mol. The predicted molar refractivity (Wildman–Crippen MR) is 105 cm³/mol. The first-order chi connectivity index (χ1) is 12.0. The molecule has 1 aliphatic heterocycles. The van der Waals surface area contributed by atoms with Gasteiger partial charge in [0.05, 0.1) is 11.3 Å². The number of hydrogen-bond acceptors (Lipinski definition) is 2. The second kappa shape index (κ2) is 6.21. The number of rotatable bonds is 2.